The summed E-state index contributed by atoms with van der Waals surface area (Å²) in [6, 6.07) is 3.51. The van der Waals surface area contributed by atoms with E-state index in [1.54, 1.807) is 12.1 Å². The van der Waals surface area contributed by atoms with Crippen molar-refractivity contribution in [3.8, 4) is 0 Å². The zero-order valence-electron chi connectivity index (χ0n) is 11.5. The minimum absolute atomic E-state index is 0.121. The van der Waals surface area contributed by atoms with Crippen molar-refractivity contribution in [3.63, 3.8) is 0 Å². The molecule has 0 saturated carbocycles. The highest BCUT2D eigenvalue weighted by molar-refractivity contribution is 6.34. The standard InChI is InChI=1S/C15H20Cl2O3/c1-10(3-2-4-15(19)20)5-6-11-7-14(17)12(9-18)8-13(11)16/h7-8,10,18H,2-6,9H2,1H3,(H,19,20). The third kappa shape index (κ3) is 5.70. The Kier molecular flexibility index (Phi) is 7.35. The van der Waals surface area contributed by atoms with Crippen LogP contribution in [-0.2, 0) is 17.8 Å². The first-order valence-corrected chi connectivity index (χ1v) is 7.49. The van der Waals surface area contributed by atoms with Crippen LogP contribution in [-0.4, -0.2) is 16.2 Å². The largest absolute Gasteiger partial charge is 0.481 e. The maximum absolute atomic E-state index is 10.5. The first-order chi connectivity index (χ1) is 9.43. The molecule has 0 bridgehead atoms. The molecular weight excluding hydrogens is 299 g/mol. The summed E-state index contributed by atoms with van der Waals surface area (Å²) >= 11 is 12.2. The van der Waals surface area contributed by atoms with Crippen molar-refractivity contribution in [1.29, 1.82) is 0 Å². The second-order valence-corrected chi connectivity index (χ2v) is 5.94. The van der Waals surface area contributed by atoms with Crippen LogP contribution in [0.25, 0.3) is 0 Å². The molecule has 0 aliphatic rings. The first-order valence-electron chi connectivity index (χ1n) is 6.73. The van der Waals surface area contributed by atoms with Crippen LogP contribution in [0, 0.1) is 5.92 Å². The molecule has 20 heavy (non-hydrogen) atoms. The lowest BCUT2D eigenvalue weighted by atomic mass is 9.96. The first kappa shape index (κ1) is 17.3. The number of rotatable bonds is 8. The van der Waals surface area contributed by atoms with E-state index in [1.807, 2.05) is 0 Å². The van der Waals surface area contributed by atoms with Gasteiger partial charge < -0.3 is 10.2 Å². The van der Waals surface area contributed by atoms with Gasteiger partial charge in [-0.15, -0.1) is 0 Å². The highest BCUT2D eigenvalue weighted by atomic mass is 35.5. The molecule has 0 aliphatic heterocycles. The Morgan fingerprint density at radius 1 is 1.20 bits per heavy atom. The average Bonchev–Trinajstić information content (AvgIpc) is 2.38. The summed E-state index contributed by atoms with van der Waals surface area (Å²) in [5.41, 5.74) is 1.61. The number of hydrogen-bond acceptors (Lipinski definition) is 2. The van der Waals surface area contributed by atoms with Crippen molar-refractivity contribution in [3.05, 3.63) is 33.3 Å². The zero-order valence-corrected chi connectivity index (χ0v) is 13.0. The molecule has 0 radical (unpaired) electrons. The zero-order chi connectivity index (χ0) is 15.1. The van der Waals surface area contributed by atoms with Gasteiger partial charge >= 0.3 is 5.97 Å². The van der Waals surface area contributed by atoms with Gasteiger partial charge in [0.05, 0.1) is 6.61 Å². The summed E-state index contributed by atoms with van der Waals surface area (Å²) in [5.74, 6) is -0.298. The van der Waals surface area contributed by atoms with E-state index in [9.17, 15) is 4.79 Å². The second-order valence-electron chi connectivity index (χ2n) is 5.12. The molecule has 2 N–H and O–H groups in total. The number of carbonyl (C=O) groups is 1. The van der Waals surface area contributed by atoms with Gasteiger partial charge in [-0.1, -0.05) is 36.5 Å². The predicted octanol–water partition coefficient (Wildman–Crippen LogP) is 4.31. The number of carboxylic acids is 1. The molecule has 0 aromatic heterocycles. The summed E-state index contributed by atoms with van der Waals surface area (Å²) in [5, 5.41) is 18.9. The summed E-state index contributed by atoms with van der Waals surface area (Å²) < 4.78 is 0. The Morgan fingerprint density at radius 3 is 2.40 bits per heavy atom. The quantitative estimate of drug-likeness (QED) is 0.751. The van der Waals surface area contributed by atoms with Gasteiger partial charge in [-0.05, 0) is 48.4 Å². The van der Waals surface area contributed by atoms with Gasteiger partial charge in [0.2, 0.25) is 0 Å². The van der Waals surface area contributed by atoms with Gasteiger partial charge in [-0.2, -0.15) is 0 Å². The maximum Gasteiger partial charge on any atom is 0.303 e. The van der Waals surface area contributed by atoms with Crippen LogP contribution >= 0.6 is 23.2 Å². The van der Waals surface area contributed by atoms with Gasteiger partial charge in [0, 0.05) is 16.5 Å². The van der Waals surface area contributed by atoms with Crippen LogP contribution in [0.4, 0.5) is 0 Å². The Morgan fingerprint density at radius 2 is 1.80 bits per heavy atom. The van der Waals surface area contributed by atoms with Crippen molar-refractivity contribution in [2.75, 3.05) is 0 Å². The molecule has 5 heteroatoms. The number of carboxylic acid groups (broad SMARTS) is 1. The molecule has 0 aliphatic carbocycles. The Labute approximate surface area is 129 Å². The highest BCUT2D eigenvalue weighted by Crippen LogP contribution is 2.27. The molecule has 3 nitrogen and oxygen atoms in total. The Bertz CT molecular complexity index is 461. The van der Waals surface area contributed by atoms with Crippen LogP contribution in [0.15, 0.2) is 12.1 Å². The van der Waals surface area contributed by atoms with Gasteiger partial charge in [0.1, 0.15) is 0 Å². The Hall–Kier alpha value is -0.770. The number of aliphatic hydroxyl groups is 1. The van der Waals surface area contributed by atoms with Crippen LogP contribution in [0.3, 0.4) is 0 Å². The molecule has 0 amide bonds. The number of aliphatic carboxylic acids is 1. The van der Waals surface area contributed by atoms with Crippen molar-refractivity contribution in [1.82, 2.24) is 0 Å². The van der Waals surface area contributed by atoms with Crippen molar-refractivity contribution < 1.29 is 15.0 Å². The fourth-order valence-corrected chi connectivity index (χ4v) is 2.62. The van der Waals surface area contributed by atoms with E-state index in [0.29, 0.717) is 27.9 Å². The lowest BCUT2D eigenvalue weighted by molar-refractivity contribution is -0.137. The minimum Gasteiger partial charge on any atom is -0.481 e. The Balaban J connectivity index is 2.49. The average molecular weight is 319 g/mol. The summed E-state index contributed by atoms with van der Waals surface area (Å²) in [6.07, 6.45) is 3.57. The lowest BCUT2D eigenvalue weighted by Gasteiger charge is -2.12. The number of halogens is 2. The molecule has 0 fully saturated rings. The van der Waals surface area contributed by atoms with Gasteiger partial charge in [-0.3, -0.25) is 4.79 Å². The molecule has 1 aromatic rings. The summed E-state index contributed by atoms with van der Waals surface area (Å²) in [4.78, 5) is 10.5. The second kappa shape index (κ2) is 8.50. The monoisotopic (exact) mass is 318 g/mol. The van der Waals surface area contributed by atoms with E-state index >= 15 is 0 Å². The van der Waals surface area contributed by atoms with Crippen molar-refractivity contribution >= 4 is 29.2 Å². The van der Waals surface area contributed by atoms with E-state index in [-0.39, 0.29) is 13.0 Å². The maximum atomic E-state index is 10.5. The van der Waals surface area contributed by atoms with Crippen LogP contribution in [0.5, 0.6) is 0 Å². The van der Waals surface area contributed by atoms with E-state index in [0.717, 1.165) is 24.8 Å². The fourth-order valence-electron chi connectivity index (χ4n) is 2.09. The van der Waals surface area contributed by atoms with E-state index < -0.39 is 5.97 Å². The molecule has 112 valence electrons. The molecule has 1 atom stereocenters. The van der Waals surface area contributed by atoms with Gasteiger partial charge in [-0.25, -0.2) is 0 Å². The molecule has 1 unspecified atom stereocenters. The highest BCUT2D eigenvalue weighted by Gasteiger charge is 2.09. The van der Waals surface area contributed by atoms with E-state index in [1.165, 1.54) is 0 Å². The molecule has 1 rings (SSSR count). The molecule has 0 heterocycles. The van der Waals surface area contributed by atoms with E-state index in [4.69, 9.17) is 33.4 Å². The molecular formula is C15H20Cl2O3. The van der Waals surface area contributed by atoms with Gasteiger partial charge in [0.25, 0.3) is 0 Å². The van der Waals surface area contributed by atoms with Gasteiger partial charge in [0.15, 0.2) is 0 Å². The van der Waals surface area contributed by atoms with E-state index in [2.05, 4.69) is 6.92 Å². The minimum atomic E-state index is -0.744. The SMILES string of the molecule is CC(CCCC(=O)O)CCc1cc(Cl)c(CO)cc1Cl. The lowest BCUT2D eigenvalue weighted by Crippen LogP contribution is -2.01. The van der Waals surface area contributed by atoms with Crippen molar-refractivity contribution in [2.24, 2.45) is 5.92 Å². The third-order valence-corrected chi connectivity index (χ3v) is 4.08. The van der Waals surface area contributed by atoms with Crippen molar-refractivity contribution in [2.45, 2.75) is 45.6 Å². The van der Waals surface area contributed by atoms with Crippen LogP contribution in [0.1, 0.15) is 43.7 Å². The summed E-state index contributed by atoms with van der Waals surface area (Å²) in [6.45, 7) is 1.99. The number of aryl methyl sites for hydroxylation is 1. The number of aliphatic hydroxyl groups excluding tert-OH is 1. The third-order valence-electron chi connectivity index (χ3n) is 3.38. The number of hydrogen-bond donors (Lipinski definition) is 2. The van der Waals surface area contributed by atoms with Crippen LogP contribution in [0.2, 0.25) is 10.0 Å². The topological polar surface area (TPSA) is 57.5 Å². The molecule has 0 spiro atoms. The fraction of sp³-hybridized carbons (Fsp3) is 0.533. The molecule has 0 saturated heterocycles. The smallest absolute Gasteiger partial charge is 0.303 e. The normalized spacial score (nSPS) is 12.4. The number of benzene rings is 1. The van der Waals surface area contributed by atoms with Crippen LogP contribution < -0.4 is 0 Å². The molecule has 1 aromatic carbocycles. The summed E-state index contributed by atoms with van der Waals surface area (Å²) in [7, 11) is 0. The predicted molar refractivity (Wildman–Crippen MR) is 81.4 cm³/mol.